The molecule has 0 spiro atoms. The van der Waals surface area contributed by atoms with Gasteiger partial charge in [0.1, 0.15) is 13.3 Å². The number of ether oxygens (including phenoxy) is 1. The first kappa shape index (κ1) is 29.0. The van der Waals surface area contributed by atoms with Gasteiger partial charge >= 0.3 is 18.1 Å². The van der Waals surface area contributed by atoms with Crippen molar-refractivity contribution in [2.45, 2.75) is 6.18 Å². The lowest BCUT2D eigenvalue weighted by Gasteiger charge is -2.26. The van der Waals surface area contributed by atoms with Gasteiger partial charge in [0.15, 0.2) is 0 Å². The lowest BCUT2D eigenvalue weighted by molar-refractivity contribution is -0.192. The molecule has 0 atom stereocenters. The second-order valence-corrected chi connectivity index (χ2v) is 9.07. The number of nitrogens with zero attached hydrogens (tertiary/aromatic N) is 2. The summed E-state index contributed by atoms with van der Waals surface area (Å²) in [6, 6.07) is 4.23. The van der Waals surface area contributed by atoms with Crippen LogP contribution in [0.4, 0.5) is 18.9 Å². The second kappa shape index (κ2) is 12.1. The summed E-state index contributed by atoms with van der Waals surface area (Å²) in [5, 5.41) is 18.7. The Bertz CT molecular complexity index is 1100. The van der Waals surface area contributed by atoms with E-state index in [9.17, 15) is 36.0 Å². The number of anilines is 1. The van der Waals surface area contributed by atoms with E-state index in [1.54, 1.807) is 0 Å². The molecule has 2 amide bonds. The number of fused-ring (bicyclic) bond motifs is 1. The molecule has 0 saturated carbocycles. The molecular weight excluding hydrogens is 519 g/mol. The highest BCUT2D eigenvalue weighted by atomic mass is 32.2. The lowest BCUT2D eigenvalue weighted by Crippen LogP contribution is -2.39. The monoisotopic (exact) mass is 541 g/mol. The van der Waals surface area contributed by atoms with Crippen molar-refractivity contribution in [1.82, 2.24) is 9.80 Å². The molecular formula is C19H22F3N3O10S. The Morgan fingerprint density at radius 2 is 1.67 bits per heavy atom. The van der Waals surface area contributed by atoms with Crippen LogP contribution in [0, 0.1) is 0 Å². The van der Waals surface area contributed by atoms with Gasteiger partial charge in [0.2, 0.25) is 0 Å². The first-order chi connectivity index (χ1) is 16.7. The number of rotatable bonds is 9. The Kier molecular flexibility index (Phi) is 9.74. The van der Waals surface area contributed by atoms with Crippen LogP contribution in [0.5, 0.6) is 0 Å². The number of morpholine rings is 1. The third kappa shape index (κ3) is 8.43. The number of alkyl halides is 3. The molecule has 1 aromatic rings. The predicted octanol–water partition coefficient (Wildman–Crippen LogP) is 0.0485. The van der Waals surface area contributed by atoms with Crippen LogP contribution in [0.1, 0.15) is 20.7 Å². The van der Waals surface area contributed by atoms with Crippen LogP contribution < -0.4 is 5.32 Å². The molecule has 1 aromatic carbocycles. The average molecular weight is 541 g/mol. The van der Waals surface area contributed by atoms with E-state index in [1.165, 1.54) is 18.2 Å². The number of aliphatic carboxylic acids is 2. The lowest BCUT2D eigenvalue weighted by atomic mass is 10.1. The van der Waals surface area contributed by atoms with Gasteiger partial charge in [-0.05, 0) is 18.2 Å². The minimum atomic E-state index is -5.08. The summed E-state index contributed by atoms with van der Waals surface area (Å²) in [6.07, 6.45) is -5.08. The Morgan fingerprint density at radius 3 is 2.22 bits per heavy atom. The summed E-state index contributed by atoms with van der Waals surface area (Å²) in [4.78, 5) is 46.7. The zero-order valence-electron chi connectivity index (χ0n) is 18.5. The van der Waals surface area contributed by atoms with Crippen molar-refractivity contribution in [3.05, 3.63) is 29.3 Å². The zero-order valence-corrected chi connectivity index (χ0v) is 19.3. The number of carbonyl (C=O) groups excluding carboxylic acids is 2. The molecule has 2 heterocycles. The highest BCUT2D eigenvalue weighted by molar-refractivity contribution is 7.86. The fourth-order valence-corrected chi connectivity index (χ4v) is 3.84. The summed E-state index contributed by atoms with van der Waals surface area (Å²) in [5.74, 6) is -5.60. The Morgan fingerprint density at radius 1 is 1.08 bits per heavy atom. The van der Waals surface area contributed by atoms with Crippen LogP contribution in [-0.2, 0) is 28.6 Å². The van der Waals surface area contributed by atoms with E-state index in [2.05, 4.69) is 5.32 Å². The SMILES string of the molecule is O=C(O)C(F)(F)F.O=C(O)CN1C(=O)c2ccc(NCOS(=O)(=O)CCN3CCOCC3)cc2C1=O. The van der Waals surface area contributed by atoms with Gasteiger partial charge < -0.3 is 20.3 Å². The average Bonchev–Trinajstić information content (AvgIpc) is 3.02. The van der Waals surface area contributed by atoms with Gasteiger partial charge in [-0.2, -0.15) is 21.6 Å². The van der Waals surface area contributed by atoms with E-state index in [-0.39, 0.29) is 23.6 Å². The number of amides is 2. The maximum Gasteiger partial charge on any atom is 0.490 e. The van der Waals surface area contributed by atoms with Crippen molar-refractivity contribution in [2.24, 2.45) is 0 Å². The van der Waals surface area contributed by atoms with E-state index in [0.717, 1.165) is 0 Å². The smallest absolute Gasteiger partial charge is 0.480 e. The number of benzene rings is 1. The van der Waals surface area contributed by atoms with Crippen LogP contribution >= 0.6 is 0 Å². The number of halogens is 3. The summed E-state index contributed by atoms with van der Waals surface area (Å²) < 4.78 is 65.9. The van der Waals surface area contributed by atoms with Crippen molar-refractivity contribution in [2.75, 3.05) is 57.2 Å². The molecule has 1 fully saturated rings. The van der Waals surface area contributed by atoms with Crippen molar-refractivity contribution in [1.29, 1.82) is 0 Å². The highest BCUT2D eigenvalue weighted by Crippen LogP contribution is 2.25. The standard InChI is InChI=1S/C17H21N3O8S.C2HF3O2/c21-15(22)10-20-16(23)13-2-1-12(9-14(13)17(20)24)18-11-28-29(25,26)8-5-19-3-6-27-7-4-19;3-2(4,5)1(6)7/h1-2,9,18H,3-8,10-11H2,(H,21,22);(H,6,7). The fourth-order valence-electron chi connectivity index (χ4n) is 3.01. The summed E-state index contributed by atoms with van der Waals surface area (Å²) >= 11 is 0. The number of imide groups is 1. The van der Waals surface area contributed by atoms with E-state index >= 15 is 0 Å². The highest BCUT2D eigenvalue weighted by Gasteiger charge is 2.38. The van der Waals surface area contributed by atoms with E-state index in [4.69, 9.17) is 23.9 Å². The second-order valence-electron chi connectivity index (χ2n) is 7.31. The summed E-state index contributed by atoms with van der Waals surface area (Å²) in [6.45, 7) is 1.78. The first-order valence-corrected chi connectivity index (χ1v) is 11.7. The van der Waals surface area contributed by atoms with Crippen LogP contribution in [0.3, 0.4) is 0 Å². The molecule has 1 saturated heterocycles. The molecule has 2 aliphatic heterocycles. The van der Waals surface area contributed by atoms with Crippen molar-refractivity contribution in [3.63, 3.8) is 0 Å². The van der Waals surface area contributed by atoms with Crippen LogP contribution in [0.2, 0.25) is 0 Å². The molecule has 36 heavy (non-hydrogen) atoms. The van der Waals surface area contributed by atoms with Crippen LogP contribution in [0.25, 0.3) is 0 Å². The first-order valence-electron chi connectivity index (χ1n) is 10.1. The normalized spacial score (nSPS) is 16.2. The van der Waals surface area contributed by atoms with Gasteiger partial charge in [-0.3, -0.25) is 24.2 Å². The Balaban J connectivity index is 0.000000572. The molecule has 3 N–H and O–H groups in total. The quantitative estimate of drug-likeness (QED) is 0.218. The van der Waals surface area contributed by atoms with Gasteiger partial charge in [-0.1, -0.05) is 0 Å². The van der Waals surface area contributed by atoms with Gasteiger partial charge in [0.25, 0.3) is 21.9 Å². The molecule has 3 rings (SSSR count). The molecule has 13 nitrogen and oxygen atoms in total. The topological polar surface area (TPSA) is 180 Å². The van der Waals surface area contributed by atoms with Crippen molar-refractivity contribution in [3.8, 4) is 0 Å². The molecule has 200 valence electrons. The molecule has 0 bridgehead atoms. The zero-order chi connectivity index (χ0) is 27.1. The van der Waals surface area contributed by atoms with Crippen LogP contribution in [-0.4, -0.2) is 110 Å². The molecule has 0 radical (unpaired) electrons. The molecule has 0 aliphatic carbocycles. The number of carboxylic acids is 2. The van der Waals surface area contributed by atoms with E-state index in [1.807, 2.05) is 4.90 Å². The maximum atomic E-state index is 12.2. The van der Waals surface area contributed by atoms with E-state index < -0.39 is 46.6 Å². The number of nitrogens with one attached hydrogen (secondary N) is 1. The number of carboxylic acid groups (broad SMARTS) is 2. The maximum absolute atomic E-state index is 12.2. The number of carbonyl (C=O) groups is 4. The largest absolute Gasteiger partial charge is 0.490 e. The fraction of sp³-hybridized carbons (Fsp3) is 0.474. The number of hydrogen-bond donors (Lipinski definition) is 3. The summed E-state index contributed by atoms with van der Waals surface area (Å²) in [5.41, 5.74) is 0.516. The van der Waals surface area contributed by atoms with Gasteiger partial charge in [0, 0.05) is 25.3 Å². The predicted molar refractivity (Wildman–Crippen MR) is 114 cm³/mol. The third-order valence-electron chi connectivity index (χ3n) is 4.78. The molecule has 17 heteroatoms. The van der Waals surface area contributed by atoms with E-state index in [0.29, 0.717) is 43.4 Å². The minimum Gasteiger partial charge on any atom is -0.480 e. The van der Waals surface area contributed by atoms with Crippen molar-refractivity contribution < 1.29 is 59.9 Å². The molecule has 2 aliphatic rings. The Hall–Kier alpha value is -3.28. The van der Waals surface area contributed by atoms with Crippen LogP contribution in [0.15, 0.2) is 18.2 Å². The van der Waals surface area contributed by atoms with Gasteiger partial charge in [0.05, 0.1) is 30.1 Å². The van der Waals surface area contributed by atoms with Gasteiger partial charge in [-0.15, -0.1) is 0 Å². The van der Waals surface area contributed by atoms with Gasteiger partial charge in [-0.25, -0.2) is 8.98 Å². The minimum absolute atomic E-state index is 0.0522. The van der Waals surface area contributed by atoms with Crippen molar-refractivity contribution >= 4 is 39.6 Å². The third-order valence-corrected chi connectivity index (χ3v) is 5.94. The number of hydrogen-bond acceptors (Lipinski definition) is 10. The molecule has 0 aromatic heterocycles. The molecule has 0 unspecified atom stereocenters. The summed E-state index contributed by atoms with van der Waals surface area (Å²) in [7, 11) is -3.74. The Labute approximate surface area is 202 Å².